The quantitative estimate of drug-likeness (QED) is 0.143. The molecule has 10 nitrogen and oxygen atoms in total. The summed E-state index contributed by atoms with van der Waals surface area (Å²) in [5.41, 5.74) is 1.39. The first-order valence-electron chi connectivity index (χ1n) is 10.4. The number of anilines is 1. The van der Waals surface area contributed by atoms with Crippen LogP contribution < -0.4 is 10.1 Å². The van der Waals surface area contributed by atoms with Gasteiger partial charge in [-0.05, 0) is 42.8 Å². The molecule has 12 heteroatoms. The van der Waals surface area contributed by atoms with E-state index in [1.54, 1.807) is 22.9 Å². The van der Waals surface area contributed by atoms with Gasteiger partial charge in [-0.2, -0.15) is 5.26 Å². The van der Waals surface area contributed by atoms with E-state index in [9.17, 15) is 20.2 Å². The van der Waals surface area contributed by atoms with E-state index in [1.807, 2.05) is 37.3 Å². The molecule has 0 saturated heterocycles. The van der Waals surface area contributed by atoms with E-state index >= 15 is 0 Å². The lowest BCUT2D eigenvalue weighted by molar-refractivity contribution is -0.384. The van der Waals surface area contributed by atoms with Crippen LogP contribution in [-0.4, -0.2) is 25.6 Å². The number of hydrogen-bond acceptors (Lipinski definition) is 8. The molecule has 0 aliphatic rings. The number of nitrogens with one attached hydrogen (secondary N) is 1. The van der Waals surface area contributed by atoms with Gasteiger partial charge in [-0.15, -0.1) is 10.2 Å². The molecule has 36 heavy (non-hydrogen) atoms. The van der Waals surface area contributed by atoms with Gasteiger partial charge in [-0.3, -0.25) is 20.2 Å². The van der Waals surface area contributed by atoms with Crippen molar-refractivity contribution in [3.63, 3.8) is 0 Å². The van der Waals surface area contributed by atoms with Crippen molar-refractivity contribution < 1.29 is 14.5 Å². The van der Waals surface area contributed by atoms with Gasteiger partial charge in [0.05, 0.1) is 15.6 Å². The number of carbonyl (C=O) groups excluding carboxylic acids is 1. The second-order valence-electron chi connectivity index (χ2n) is 7.37. The van der Waals surface area contributed by atoms with Crippen LogP contribution in [0.15, 0.2) is 66.4 Å². The van der Waals surface area contributed by atoms with Crippen molar-refractivity contribution in [3.8, 4) is 17.5 Å². The van der Waals surface area contributed by atoms with Gasteiger partial charge >= 0.3 is 0 Å². The first-order valence-corrected chi connectivity index (χ1v) is 11.6. The van der Waals surface area contributed by atoms with Crippen molar-refractivity contribution >= 4 is 45.7 Å². The van der Waals surface area contributed by atoms with Gasteiger partial charge in [-0.1, -0.05) is 41.1 Å². The Morgan fingerprint density at radius 1 is 1.28 bits per heavy atom. The number of hydrogen-bond donors (Lipinski definition) is 1. The molecule has 2 aromatic carbocycles. The third kappa shape index (κ3) is 5.57. The zero-order chi connectivity index (χ0) is 25.7. The number of aromatic nitrogens is 3. The van der Waals surface area contributed by atoms with Crippen molar-refractivity contribution in [1.82, 2.24) is 14.8 Å². The smallest absolute Gasteiger partial charge is 0.271 e. The highest BCUT2D eigenvalue weighted by Crippen LogP contribution is 2.28. The second-order valence-corrected chi connectivity index (χ2v) is 8.84. The maximum absolute atomic E-state index is 12.7. The first kappa shape index (κ1) is 24.6. The standard InChI is InChI=1S/C24H17ClN6O4S/c1-15-5-2-3-7-21(15)35-14-22-28-29-24(36-22)27-23(32)16(13-26)11-17-6-4-10-30(17)20-12-18(31(33)34)8-9-19(20)25/h2-12H,14H2,1H3,(H,27,29,32)/b16-11-. The molecule has 4 aromatic rings. The highest BCUT2D eigenvalue weighted by molar-refractivity contribution is 7.15. The molecule has 1 N–H and O–H groups in total. The highest BCUT2D eigenvalue weighted by atomic mass is 35.5. The number of halogens is 1. The molecule has 0 bridgehead atoms. The lowest BCUT2D eigenvalue weighted by atomic mass is 10.2. The summed E-state index contributed by atoms with van der Waals surface area (Å²) in [4.78, 5) is 23.4. The Kier molecular flexibility index (Phi) is 7.39. The van der Waals surface area contributed by atoms with E-state index in [1.165, 1.54) is 24.3 Å². The third-order valence-corrected chi connectivity index (χ3v) is 6.10. The summed E-state index contributed by atoms with van der Waals surface area (Å²) in [7, 11) is 0. The largest absolute Gasteiger partial charge is 0.486 e. The zero-order valence-corrected chi connectivity index (χ0v) is 20.3. The summed E-state index contributed by atoms with van der Waals surface area (Å²) in [6, 6.07) is 16.8. The van der Waals surface area contributed by atoms with E-state index < -0.39 is 10.8 Å². The average molecular weight is 521 g/mol. The van der Waals surface area contributed by atoms with Crippen LogP contribution in [0.25, 0.3) is 11.8 Å². The Labute approximate surface area is 214 Å². The summed E-state index contributed by atoms with van der Waals surface area (Å²) >= 11 is 7.37. The summed E-state index contributed by atoms with van der Waals surface area (Å²) in [6.45, 7) is 2.11. The van der Waals surface area contributed by atoms with E-state index in [4.69, 9.17) is 16.3 Å². The lowest BCUT2D eigenvalue weighted by Crippen LogP contribution is -2.13. The summed E-state index contributed by atoms with van der Waals surface area (Å²) in [5.74, 6) is 0.0396. The molecule has 0 saturated carbocycles. The number of nitro benzene ring substituents is 1. The molecule has 0 radical (unpaired) electrons. The topological polar surface area (TPSA) is 136 Å². The fraction of sp³-hybridized carbons (Fsp3) is 0.0833. The molecule has 0 unspecified atom stereocenters. The number of nitrogens with zero attached hydrogens (tertiary/aromatic N) is 5. The predicted octanol–water partition coefficient (Wildman–Crippen LogP) is 5.32. The van der Waals surface area contributed by atoms with Gasteiger partial charge in [0.25, 0.3) is 11.6 Å². The van der Waals surface area contributed by atoms with Crippen molar-refractivity contribution in [2.75, 3.05) is 5.32 Å². The molecule has 180 valence electrons. The van der Waals surface area contributed by atoms with Gasteiger partial charge < -0.3 is 9.30 Å². The molecule has 0 fully saturated rings. The van der Waals surface area contributed by atoms with Gasteiger partial charge in [0.15, 0.2) is 5.01 Å². The molecule has 1 amide bonds. The molecule has 0 spiro atoms. The lowest BCUT2D eigenvalue weighted by Gasteiger charge is -2.09. The summed E-state index contributed by atoms with van der Waals surface area (Å²) < 4.78 is 7.29. The van der Waals surface area contributed by atoms with Crippen LogP contribution in [0, 0.1) is 28.4 Å². The Balaban J connectivity index is 1.50. The minimum Gasteiger partial charge on any atom is -0.486 e. The number of nitro groups is 1. The number of para-hydroxylation sites is 1. The number of benzene rings is 2. The van der Waals surface area contributed by atoms with Crippen molar-refractivity contribution in [2.45, 2.75) is 13.5 Å². The van der Waals surface area contributed by atoms with Crippen LogP contribution in [0.2, 0.25) is 5.02 Å². The van der Waals surface area contributed by atoms with Crippen LogP contribution in [0.5, 0.6) is 5.75 Å². The molecule has 2 heterocycles. The van der Waals surface area contributed by atoms with Crippen LogP contribution in [0.4, 0.5) is 10.8 Å². The second kappa shape index (κ2) is 10.8. The molecule has 0 aliphatic carbocycles. The monoisotopic (exact) mass is 520 g/mol. The van der Waals surface area contributed by atoms with Crippen LogP contribution >= 0.6 is 22.9 Å². The number of rotatable bonds is 8. The van der Waals surface area contributed by atoms with E-state index in [-0.39, 0.29) is 28.0 Å². The van der Waals surface area contributed by atoms with Crippen molar-refractivity contribution in [1.29, 1.82) is 5.26 Å². The fourth-order valence-corrected chi connectivity index (χ4v) is 4.07. The molecular weight excluding hydrogens is 504 g/mol. The summed E-state index contributed by atoms with van der Waals surface area (Å²) in [6.07, 6.45) is 2.98. The predicted molar refractivity (Wildman–Crippen MR) is 135 cm³/mol. The molecule has 2 aromatic heterocycles. The molecule has 0 aliphatic heterocycles. The number of aryl methyl sites for hydroxylation is 1. The van der Waals surface area contributed by atoms with Crippen LogP contribution in [0.3, 0.4) is 0 Å². The normalized spacial score (nSPS) is 11.1. The molecular formula is C24H17ClN6O4S. The zero-order valence-electron chi connectivity index (χ0n) is 18.7. The number of ether oxygens (including phenoxy) is 1. The Morgan fingerprint density at radius 3 is 2.83 bits per heavy atom. The number of amides is 1. The van der Waals surface area contributed by atoms with E-state index in [2.05, 4.69) is 15.5 Å². The summed E-state index contributed by atoms with van der Waals surface area (Å²) in [5, 5.41) is 32.3. The maximum atomic E-state index is 12.7. The van der Waals surface area contributed by atoms with Crippen LogP contribution in [0.1, 0.15) is 16.3 Å². The van der Waals surface area contributed by atoms with Gasteiger partial charge in [-0.25, -0.2) is 0 Å². The maximum Gasteiger partial charge on any atom is 0.271 e. The van der Waals surface area contributed by atoms with Gasteiger partial charge in [0.1, 0.15) is 24.0 Å². The van der Waals surface area contributed by atoms with Gasteiger partial charge in [0.2, 0.25) is 5.13 Å². The number of non-ortho nitro benzene ring substituents is 1. The Bertz CT molecular complexity index is 1520. The first-order chi connectivity index (χ1) is 17.4. The Morgan fingerprint density at radius 2 is 2.08 bits per heavy atom. The van der Waals surface area contributed by atoms with E-state index in [0.717, 1.165) is 22.6 Å². The van der Waals surface area contributed by atoms with Crippen LogP contribution in [-0.2, 0) is 11.4 Å². The average Bonchev–Trinajstić information content (AvgIpc) is 3.51. The van der Waals surface area contributed by atoms with Crippen molar-refractivity contribution in [3.05, 3.63) is 97.8 Å². The highest BCUT2D eigenvalue weighted by Gasteiger charge is 2.16. The number of nitriles is 1. The number of carbonyl (C=O) groups is 1. The van der Waals surface area contributed by atoms with E-state index in [0.29, 0.717) is 16.4 Å². The fourth-order valence-electron chi connectivity index (χ4n) is 3.21. The van der Waals surface area contributed by atoms with Gasteiger partial charge in [0, 0.05) is 24.0 Å². The molecule has 0 atom stereocenters. The Hall–Kier alpha value is -4.53. The third-order valence-electron chi connectivity index (χ3n) is 4.97. The SMILES string of the molecule is Cc1ccccc1OCc1nnc(NC(=O)/C(C#N)=C\c2cccn2-c2cc([N+](=O)[O-])ccc2Cl)s1. The molecule has 4 rings (SSSR count). The minimum absolute atomic E-state index is 0.144. The van der Waals surface area contributed by atoms with Crippen molar-refractivity contribution in [2.24, 2.45) is 0 Å². The minimum atomic E-state index is -0.682.